The summed E-state index contributed by atoms with van der Waals surface area (Å²) in [6.45, 7) is 18.4. The van der Waals surface area contributed by atoms with Crippen LogP contribution < -0.4 is 5.32 Å². The van der Waals surface area contributed by atoms with Crippen LogP contribution in [0.15, 0.2) is 12.3 Å². The second-order valence-electron chi connectivity index (χ2n) is 8.46. The van der Waals surface area contributed by atoms with Crippen LogP contribution in [-0.4, -0.2) is 47.8 Å². The highest BCUT2D eigenvalue weighted by atomic mass is 16.6. The third-order valence-electron chi connectivity index (χ3n) is 3.48. The molecule has 0 bridgehead atoms. The third-order valence-corrected chi connectivity index (χ3v) is 3.48. The summed E-state index contributed by atoms with van der Waals surface area (Å²) in [5, 5.41) is 11.8. The molecule has 0 aliphatic carbocycles. The fraction of sp³-hybridized carbons (Fsp3) is 0.842. The molecule has 0 rings (SSSR count). The maximum absolute atomic E-state index is 11.6. The summed E-state index contributed by atoms with van der Waals surface area (Å²) in [5.74, 6) is 0.130. The average molecular weight is 360 g/mol. The van der Waals surface area contributed by atoms with Gasteiger partial charge in [0.15, 0.2) is 0 Å². The highest BCUT2D eigenvalue weighted by Crippen LogP contribution is 2.19. The number of aliphatic hydroxyl groups excluding tert-OH is 1. The second kappa shape index (κ2) is 10.0. The number of aliphatic hydroxyl groups is 1. The first-order valence-corrected chi connectivity index (χ1v) is 8.84. The fourth-order valence-corrected chi connectivity index (χ4v) is 1.94. The van der Waals surface area contributed by atoms with Gasteiger partial charge in [0.2, 0.25) is 0 Å². The molecule has 0 atom stereocenters. The van der Waals surface area contributed by atoms with Gasteiger partial charge in [-0.1, -0.05) is 6.58 Å². The summed E-state index contributed by atoms with van der Waals surface area (Å²) in [6.07, 6.45) is 1.43. The van der Waals surface area contributed by atoms with Crippen LogP contribution in [0.3, 0.4) is 0 Å². The Labute approximate surface area is 152 Å². The lowest BCUT2D eigenvalue weighted by atomic mass is 10.0. The van der Waals surface area contributed by atoms with Gasteiger partial charge < -0.3 is 24.6 Å². The van der Waals surface area contributed by atoms with E-state index >= 15 is 0 Å². The molecule has 6 nitrogen and oxygen atoms in total. The van der Waals surface area contributed by atoms with Gasteiger partial charge in [-0.3, -0.25) is 0 Å². The van der Waals surface area contributed by atoms with Gasteiger partial charge in [0.1, 0.15) is 5.60 Å². The van der Waals surface area contributed by atoms with Gasteiger partial charge in [-0.15, -0.1) is 0 Å². The Morgan fingerprint density at radius 1 is 0.960 bits per heavy atom. The Bertz CT molecular complexity index is 424. The number of rotatable bonds is 11. The minimum absolute atomic E-state index is 0.130. The predicted octanol–water partition coefficient (Wildman–Crippen LogP) is 4.34. The van der Waals surface area contributed by atoms with Crippen molar-refractivity contribution in [3.05, 3.63) is 12.3 Å². The smallest absolute Gasteiger partial charge is 0.407 e. The maximum atomic E-state index is 11.6. The van der Waals surface area contributed by atoms with E-state index < -0.39 is 11.7 Å². The van der Waals surface area contributed by atoms with E-state index in [0.29, 0.717) is 32.6 Å². The zero-order valence-electron chi connectivity index (χ0n) is 17.0. The van der Waals surface area contributed by atoms with Gasteiger partial charge in [-0.25, -0.2) is 4.79 Å². The molecule has 0 radical (unpaired) electrons. The van der Waals surface area contributed by atoms with Crippen LogP contribution >= 0.6 is 0 Å². The lowest BCUT2D eigenvalue weighted by Gasteiger charge is -2.30. The number of carbonyl (C=O) groups excluding carboxylic acids is 1. The Morgan fingerprint density at radius 2 is 1.48 bits per heavy atom. The van der Waals surface area contributed by atoms with E-state index in [1.807, 2.05) is 48.5 Å². The molecule has 0 aromatic heterocycles. The molecule has 0 heterocycles. The van der Waals surface area contributed by atoms with Crippen molar-refractivity contribution in [2.45, 2.75) is 84.5 Å². The van der Waals surface area contributed by atoms with E-state index in [2.05, 4.69) is 11.9 Å². The van der Waals surface area contributed by atoms with Crippen LogP contribution in [0.25, 0.3) is 0 Å². The predicted molar refractivity (Wildman–Crippen MR) is 99.9 cm³/mol. The van der Waals surface area contributed by atoms with Crippen molar-refractivity contribution >= 4 is 6.09 Å². The first kappa shape index (κ1) is 23.7. The van der Waals surface area contributed by atoms with Gasteiger partial charge in [-0.05, 0) is 61.3 Å². The van der Waals surface area contributed by atoms with E-state index in [4.69, 9.17) is 19.3 Å². The third kappa shape index (κ3) is 14.8. The average Bonchev–Trinajstić information content (AvgIpc) is 2.34. The maximum Gasteiger partial charge on any atom is 0.407 e. The van der Waals surface area contributed by atoms with E-state index in [1.54, 1.807) is 0 Å². The van der Waals surface area contributed by atoms with E-state index in [-0.39, 0.29) is 17.0 Å². The molecule has 0 aromatic carbocycles. The first-order valence-electron chi connectivity index (χ1n) is 8.84. The molecule has 0 aliphatic heterocycles. The van der Waals surface area contributed by atoms with Gasteiger partial charge in [-0.2, -0.15) is 0 Å². The first-order chi connectivity index (χ1) is 11.2. The molecule has 0 saturated heterocycles. The van der Waals surface area contributed by atoms with Crippen LogP contribution in [0, 0.1) is 0 Å². The highest BCUT2D eigenvalue weighted by Gasteiger charge is 2.23. The van der Waals surface area contributed by atoms with E-state index in [0.717, 1.165) is 6.42 Å². The summed E-state index contributed by atoms with van der Waals surface area (Å²) < 4.78 is 16.9. The number of alkyl carbamates (subject to hydrolysis) is 1. The van der Waals surface area contributed by atoms with Gasteiger partial charge in [0.25, 0.3) is 0 Å². The number of hydrogen-bond acceptors (Lipinski definition) is 5. The van der Waals surface area contributed by atoms with Gasteiger partial charge in [0.05, 0.1) is 30.2 Å². The van der Waals surface area contributed by atoms with Crippen molar-refractivity contribution in [1.82, 2.24) is 5.32 Å². The molecule has 0 spiro atoms. The van der Waals surface area contributed by atoms with E-state index in [1.165, 1.54) is 0 Å². The minimum atomic E-state index is -0.496. The van der Waals surface area contributed by atoms with E-state index in [9.17, 15) is 4.79 Å². The van der Waals surface area contributed by atoms with Crippen molar-refractivity contribution in [2.24, 2.45) is 0 Å². The second-order valence-corrected chi connectivity index (χ2v) is 8.46. The van der Waals surface area contributed by atoms with Crippen LogP contribution in [-0.2, 0) is 14.2 Å². The lowest BCUT2D eigenvalue weighted by Crippen LogP contribution is -2.37. The van der Waals surface area contributed by atoms with Crippen LogP contribution in [0.5, 0.6) is 0 Å². The summed E-state index contributed by atoms with van der Waals surface area (Å²) >= 11 is 0. The quantitative estimate of drug-likeness (QED) is 0.537. The number of amides is 1. The molecular weight excluding hydrogens is 322 g/mol. The van der Waals surface area contributed by atoms with Crippen LogP contribution in [0.1, 0.15) is 67.7 Å². The number of nitrogens with one attached hydrogen (secondary N) is 1. The lowest BCUT2D eigenvalue weighted by molar-refractivity contribution is -0.0740. The molecule has 0 aromatic rings. The monoisotopic (exact) mass is 359 g/mol. The zero-order valence-corrected chi connectivity index (χ0v) is 17.0. The number of hydrogen-bond donors (Lipinski definition) is 2. The zero-order chi connectivity index (χ0) is 19.7. The standard InChI is InChI=1S/C19H37NO5/c1-15(21)9-13-23-19(7,8)11-14-24-18(5,6)10-12-20-16(22)25-17(2,3)4/h21H,1,9-14H2,2-8H3,(H,20,22). The van der Waals surface area contributed by atoms with Crippen molar-refractivity contribution in [3.8, 4) is 0 Å². The number of carbonyl (C=O) groups is 1. The van der Waals surface area contributed by atoms with Crippen LogP contribution in [0.2, 0.25) is 0 Å². The summed E-state index contributed by atoms with van der Waals surface area (Å²) in [4.78, 5) is 11.6. The molecule has 0 fully saturated rings. The Balaban J connectivity index is 4.03. The normalized spacial score (nSPS) is 12.8. The SMILES string of the molecule is C=C(O)CCOC(C)(C)CCOC(C)(C)CCNC(=O)OC(C)(C)C. The molecule has 25 heavy (non-hydrogen) atoms. The Morgan fingerprint density at radius 3 is 2.00 bits per heavy atom. The van der Waals surface area contributed by atoms with Gasteiger partial charge >= 0.3 is 6.09 Å². The Kier molecular flexibility index (Phi) is 9.51. The van der Waals surface area contributed by atoms with Crippen molar-refractivity contribution < 1.29 is 24.1 Å². The highest BCUT2D eigenvalue weighted by molar-refractivity contribution is 5.67. The van der Waals surface area contributed by atoms with Gasteiger partial charge in [0, 0.05) is 13.0 Å². The molecule has 1 amide bonds. The largest absolute Gasteiger partial charge is 0.513 e. The Hall–Kier alpha value is -1.27. The molecule has 0 unspecified atom stereocenters. The van der Waals surface area contributed by atoms with Crippen molar-refractivity contribution in [2.75, 3.05) is 19.8 Å². The molecule has 6 heteroatoms. The number of ether oxygens (including phenoxy) is 3. The molecule has 2 N–H and O–H groups in total. The minimum Gasteiger partial charge on any atom is -0.513 e. The summed E-state index contributed by atoms with van der Waals surface area (Å²) in [5.41, 5.74) is -1.19. The fourth-order valence-electron chi connectivity index (χ4n) is 1.94. The topological polar surface area (TPSA) is 77.0 Å². The molecule has 0 saturated carbocycles. The molecule has 0 aliphatic rings. The molecule has 148 valence electrons. The summed E-state index contributed by atoms with van der Waals surface area (Å²) in [6, 6.07) is 0. The van der Waals surface area contributed by atoms with Crippen molar-refractivity contribution in [1.29, 1.82) is 0 Å². The summed E-state index contributed by atoms with van der Waals surface area (Å²) in [7, 11) is 0. The van der Waals surface area contributed by atoms with Crippen molar-refractivity contribution in [3.63, 3.8) is 0 Å². The van der Waals surface area contributed by atoms with Crippen LogP contribution in [0.4, 0.5) is 4.79 Å². The molecular formula is C19H37NO5.